The topological polar surface area (TPSA) is 108 Å². The molecule has 0 fully saturated rings. The van der Waals surface area contributed by atoms with Gasteiger partial charge in [0.2, 0.25) is 0 Å². The van der Waals surface area contributed by atoms with Crippen LogP contribution in [0.4, 0.5) is 11.6 Å². The number of pyridine rings is 1. The van der Waals surface area contributed by atoms with Gasteiger partial charge in [0, 0.05) is 19.2 Å². The number of fused-ring (bicyclic) bond motifs is 1. The Balaban J connectivity index is 1.65. The van der Waals surface area contributed by atoms with Crippen LogP contribution in [0.3, 0.4) is 0 Å². The van der Waals surface area contributed by atoms with Crippen LogP contribution in [0, 0.1) is 0 Å². The van der Waals surface area contributed by atoms with E-state index in [1.165, 1.54) is 14.2 Å². The Morgan fingerprint density at radius 2 is 1.61 bits per heavy atom. The summed E-state index contributed by atoms with van der Waals surface area (Å²) in [5.74, 6) is 3.00. The van der Waals surface area contributed by atoms with Crippen LogP contribution in [-0.2, 0) is 17.5 Å². The Hall–Kier alpha value is -3.99. The average molecular weight is 513 g/mol. The highest BCUT2D eigenvalue weighted by Crippen LogP contribution is 2.37. The fourth-order valence-electron chi connectivity index (χ4n) is 3.74. The lowest BCUT2D eigenvalue weighted by atomic mass is 10.2. The molecular formula is C25H28N4O6S. The van der Waals surface area contributed by atoms with Crippen molar-refractivity contribution in [1.82, 2.24) is 10.1 Å². The molecule has 0 bridgehead atoms. The number of ether oxygens (including phenoxy) is 4. The van der Waals surface area contributed by atoms with Gasteiger partial charge in [-0.2, -0.15) is 4.98 Å². The zero-order valence-corrected chi connectivity index (χ0v) is 21.5. The van der Waals surface area contributed by atoms with E-state index in [9.17, 15) is 4.21 Å². The van der Waals surface area contributed by atoms with Crippen molar-refractivity contribution in [2.24, 2.45) is 0 Å². The summed E-state index contributed by atoms with van der Waals surface area (Å²) in [6.07, 6.45) is 0. The van der Waals surface area contributed by atoms with Crippen LogP contribution in [-0.4, -0.2) is 49.3 Å². The van der Waals surface area contributed by atoms with Crippen LogP contribution < -0.4 is 28.6 Å². The molecule has 2 aromatic carbocycles. The Kier molecular flexibility index (Phi) is 7.79. The molecule has 4 rings (SSSR count). The summed E-state index contributed by atoms with van der Waals surface area (Å²) in [6.45, 7) is 3.36. The Labute approximate surface area is 211 Å². The molecule has 1 N–H and O–H groups in total. The number of anilines is 2. The van der Waals surface area contributed by atoms with Crippen molar-refractivity contribution >= 4 is 33.7 Å². The second-order valence-electron chi connectivity index (χ2n) is 7.62. The highest BCUT2D eigenvalue weighted by Gasteiger charge is 2.23. The molecule has 2 heterocycles. The van der Waals surface area contributed by atoms with Gasteiger partial charge in [0.25, 0.3) is 5.71 Å². The molecule has 2 aromatic heterocycles. The maximum atomic E-state index is 13.3. The van der Waals surface area contributed by atoms with Gasteiger partial charge < -0.3 is 28.4 Å². The maximum Gasteiger partial charge on any atom is 0.265 e. The zero-order chi connectivity index (χ0) is 25.7. The third-order valence-electron chi connectivity index (χ3n) is 5.61. The van der Waals surface area contributed by atoms with E-state index in [0.717, 1.165) is 11.3 Å². The van der Waals surface area contributed by atoms with Crippen LogP contribution in [0.25, 0.3) is 11.1 Å². The van der Waals surface area contributed by atoms with Crippen molar-refractivity contribution in [2.75, 3.05) is 44.6 Å². The van der Waals surface area contributed by atoms with Crippen molar-refractivity contribution in [3.63, 3.8) is 0 Å². The van der Waals surface area contributed by atoms with Gasteiger partial charge in [0.05, 0.1) is 28.4 Å². The lowest BCUT2D eigenvalue weighted by molar-refractivity contribution is 0.375. The minimum Gasteiger partial charge on any atom is -0.497 e. The van der Waals surface area contributed by atoms with Crippen molar-refractivity contribution in [3.8, 4) is 23.0 Å². The molecule has 0 aliphatic heterocycles. The Bertz CT molecular complexity index is 1340. The molecule has 0 aliphatic carbocycles. The second kappa shape index (κ2) is 11.2. The third kappa shape index (κ3) is 5.01. The largest absolute Gasteiger partial charge is 0.497 e. The molecule has 11 heteroatoms. The van der Waals surface area contributed by atoms with Crippen molar-refractivity contribution in [3.05, 3.63) is 54.1 Å². The standard InChI is InChI=1S/C25H28N4O6S/c1-6-29(15-16-10-12-17(31-2)13-11-16)21-14-20(34-5)22-24(27-35-25(22)26-21)28-36(30)23-18(32-3)8-7-9-19(23)33-4/h7-14H,6,15H2,1-5H3,(H,27,28). The van der Waals surface area contributed by atoms with Gasteiger partial charge in [-0.25, -0.2) is 4.21 Å². The highest BCUT2D eigenvalue weighted by atomic mass is 32.2. The van der Waals surface area contributed by atoms with E-state index in [0.29, 0.717) is 46.4 Å². The molecule has 0 spiro atoms. The first-order valence-electron chi connectivity index (χ1n) is 11.1. The number of aromatic nitrogens is 2. The van der Waals surface area contributed by atoms with E-state index >= 15 is 0 Å². The molecular weight excluding hydrogens is 484 g/mol. The molecule has 0 amide bonds. The first kappa shape index (κ1) is 25.1. The first-order chi connectivity index (χ1) is 17.5. The van der Waals surface area contributed by atoms with Crippen LogP contribution in [0.1, 0.15) is 12.5 Å². The summed E-state index contributed by atoms with van der Waals surface area (Å²) in [5.41, 5.74) is 1.35. The van der Waals surface area contributed by atoms with E-state index in [4.69, 9.17) is 23.5 Å². The lowest BCUT2D eigenvalue weighted by Crippen LogP contribution is -2.23. The summed E-state index contributed by atoms with van der Waals surface area (Å²) in [4.78, 5) is 7.08. The van der Waals surface area contributed by atoms with Gasteiger partial charge in [0.1, 0.15) is 39.1 Å². The summed E-state index contributed by atoms with van der Waals surface area (Å²) in [6, 6.07) is 14.8. The predicted octanol–water partition coefficient (Wildman–Crippen LogP) is 4.42. The molecule has 0 radical (unpaired) electrons. The third-order valence-corrected chi connectivity index (χ3v) is 6.76. The number of hydrogen-bond donors (Lipinski definition) is 1. The van der Waals surface area contributed by atoms with Crippen LogP contribution in [0.15, 0.2) is 57.9 Å². The van der Waals surface area contributed by atoms with Crippen LogP contribution >= 0.6 is 0 Å². The van der Waals surface area contributed by atoms with Crippen molar-refractivity contribution < 1.29 is 27.7 Å². The molecule has 190 valence electrons. The van der Waals surface area contributed by atoms with E-state index in [-0.39, 0.29) is 11.5 Å². The number of nitrogens with one attached hydrogen (secondary N) is 1. The molecule has 0 saturated carbocycles. The normalized spacial score (nSPS) is 11.7. The van der Waals surface area contributed by atoms with Gasteiger partial charge in [-0.15, -0.1) is 0 Å². The quantitative estimate of drug-likeness (QED) is 0.312. The first-order valence-corrected chi connectivity index (χ1v) is 12.3. The second-order valence-corrected chi connectivity index (χ2v) is 8.77. The number of nitrogens with zero attached hydrogens (tertiary/aromatic N) is 3. The van der Waals surface area contributed by atoms with E-state index in [2.05, 4.69) is 19.8 Å². The fraction of sp³-hybridized carbons (Fsp3) is 0.280. The van der Waals surface area contributed by atoms with Gasteiger partial charge >= 0.3 is 0 Å². The Morgan fingerprint density at radius 3 is 2.19 bits per heavy atom. The molecule has 1 atom stereocenters. The lowest BCUT2D eigenvalue weighted by Gasteiger charge is -2.22. The monoisotopic (exact) mass is 512 g/mol. The van der Waals surface area contributed by atoms with Gasteiger partial charge in [0.15, 0.2) is 16.8 Å². The van der Waals surface area contributed by atoms with Crippen LogP contribution in [0.5, 0.6) is 23.0 Å². The van der Waals surface area contributed by atoms with Gasteiger partial charge in [-0.05, 0) is 36.8 Å². The van der Waals surface area contributed by atoms with E-state index in [1.54, 1.807) is 32.4 Å². The highest BCUT2D eigenvalue weighted by molar-refractivity contribution is 7.86. The number of methoxy groups -OCH3 is 4. The molecule has 0 aliphatic rings. The van der Waals surface area contributed by atoms with Crippen LogP contribution in [0.2, 0.25) is 0 Å². The smallest absolute Gasteiger partial charge is 0.265 e. The molecule has 36 heavy (non-hydrogen) atoms. The van der Waals surface area contributed by atoms with Crippen molar-refractivity contribution in [1.29, 1.82) is 0 Å². The van der Waals surface area contributed by atoms with Crippen molar-refractivity contribution in [2.45, 2.75) is 18.4 Å². The van der Waals surface area contributed by atoms with Gasteiger partial charge in [-0.3, -0.25) is 4.72 Å². The summed E-state index contributed by atoms with van der Waals surface area (Å²) in [5, 5.41) is 4.55. The van der Waals surface area contributed by atoms with E-state index in [1.807, 2.05) is 37.3 Å². The average Bonchev–Trinajstić information content (AvgIpc) is 3.33. The fourth-order valence-corrected chi connectivity index (χ4v) is 4.83. The Morgan fingerprint density at radius 1 is 0.944 bits per heavy atom. The minimum atomic E-state index is -1.77. The predicted molar refractivity (Wildman–Crippen MR) is 138 cm³/mol. The maximum absolute atomic E-state index is 13.3. The molecule has 0 saturated heterocycles. The minimum absolute atomic E-state index is 0.227. The zero-order valence-electron chi connectivity index (χ0n) is 20.7. The SMILES string of the molecule is CCN(Cc1ccc(OC)cc1)c1cc(OC)c2c(NS(=O)c3c(OC)cccc3OC)noc2n1. The summed E-state index contributed by atoms with van der Waals surface area (Å²) >= 11 is 0. The number of hydrogen-bond acceptors (Lipinski definition) is 9. The summed E-state index contributed by atoms with van der Waals surface area (Å²) < 4.78 is 43.3. The molecule has 4 aromatic rings. The van der Waals surface area contributed by atoms with E-state index < -0.39 is 11.0 Å². The number of benzene rings is 2. The number of rotatable bonds is 11. The summed E-state index contributed by atoms with van der Waals surface area (Å²) in [7, 11) is 4.42. The molecule has 1 unspecified atom stereocenters. The van der Waals surface area contributed by atoms with Gasteiger partial charge in [-0.1, -0.05) is 23.4 Å². The molecule has 10 nitrogen and oxygen atoms in total.